The lowest BCUT2D eigenvalue weighted by atomic mass is 9.91. The summed E-state index contributed by atoms with van der Waals surface area (Å²) in [5.41, 5.74) is 2.90. The zero-order chi connectivity index (χ0) is 22.6. The van der Waals surface area contributed by atoms with Crippen LogP contribution in [0.25, 0.3) is 17.0 Å². The van der Waals surface area contributed by atoms with Crippen molar-refractivity contribution in [3.8, 4) is 0 Å². The number of benzene rings is 1. The van der Waals surface area contributed by atoms with Gasteiger partial charge in [0, 0.05) is 36.4 Å². The molecule has 1 aliphatic carbocycles. The molecule has 1 saturated carbocycles. The quantitative estimate of drug-likeness (QED) is 0.476. The summed E-state index contributed by atoms with van der Waals surface area (Å²) in [6.07, 6.45) is 9.29. The van der Waals surface area contributed by atoms with Crippen molar-refractivity contribution in [2.45, 2.75) is 44.3 Å². The highest BCUT2D eigenvalue weighted by Gasteiger charge is 2.25. The molecule has 2 amide bonds. The zero-order valence-corrected chi connectivity index (χ0v) is 18.8. The lowest BCUT2D eigenvalue weighted by molar-refractivity contribution is -0.115. The fraction of sp³-hybridized carbons (Fsp3) is 0.292. The van der Waals surface area contributed by atoms with E-state index < -0.39 is 0 Å². The van der Waals surface area contributed by atoms with Gasteiger partial charge >= 0.3 is 0 Å². The van der Waals surface area contributed by atoms with Crippen molar-refractivity contribution < 1.29 is 9.59 Å². The fourth-order valence-corrected chi connectivity index (χ4v) is 4.94. The third kappa shape index (κ3) is 5.20. The van der Waals surface area contributed by atoms with Crippen LogP contribution in [0.4, 0.5) is 10.7 Å². The van der Waals surface area contributed by atoms with Gasteiger partial charge in [-0.3, -0.25) is 19.9 Å². The topological polar surface area (TPSA) is 109 Å². The van der Waals surface area contributed by atoms with Gasteiger partial charge in [0.15, 0.2) is 0 Å². The van der Waals surface area contributed by atoms with Crippen LogP contribution in [0.5, 0.6) is 0 Å². The summed E-state index contributed by atoms with van der Waals surface area (Å²) >= 11 is 0.884. The Kier molecular flexibility index (Phi) is 6.32. The first-order valence-electron chi connectivity index (χ1n) is 11.0. The molecule has 0 bridgehead atoms. The molecule has 3 N–H and O–H groups in total. The summed E-state index contributed by atoms with van der Waals surface area (Å²) < 4.78 is 0. The first-order valence-corrected chi connectivity index (χ1v) is 11.9. The number of carbonyl (C=O) groups is 2. The Morgan fingerprint density at radius 3 is 2.67 bits per heavy atom. The van der Waals surface area contributed by atoms with Crippen molar-refractivity contribution in [1.82, 2.24) is 25.6 Å². The van der Waals surface area contributed by atoms with Crippen LogP contribution in [-0.2, 0) is 11.3 Å². The van der Waals surface area contributed by atoms with Gasteiger partial charge in [-0.25, -0.2) is 9.97 Å². The number of carbonyl (C=O) groups excluding carboxylic acids is 2. The lowest BCUT2D eigenvalue weighted by Crippen LogP contribution is -2.36. The van der Waals surface area contributed by atoms with Crippen LogP contribution >= 0.6 is 11.8 Å². The molecule has 1 aromatic carbocycles. The van der Waals surface area contributed by atoms with Gasteiger partial charge in [0.05, 0.1) is 16.1 Å². The van der Waals surface area contributed by atoms with Crippen molar-refractivity contribution in [1.29, 1.82) is 0 Å². The molecule has 0 atom stereocenters. The molecule has 2 aromatic heterocycles. The molecule has 33 heavy (non-hydrogen) atoms. The summed E-state index contributed by atoms with van der Waals surface area (Å²) in [5.74, 6) is 0.155. The van der Waals surface area contributed by atoms with Crippen molar-refractivity contribution in [3.05, 3.63) is 65.0 Å². The second-order valence-corrected chi connectivity index (χ2v) is 9.23. The van der Waals surface area contributed by atoms with Gasteiger partial charge < -0.3 is 10.6 Å². The largest absolute Gasteiger partial charge is 0.351 e. The summed E-state index contributed by atoms with van der Waals surface area (Å²) in [5, 5.41) is 10.2. The molecule has 5 rings (SSSR count). The summed E-state index contributed by atoms with van der Waals surface area (Å²) in [6, 6.07) is 12.9. The molecule has 2 aliphatic rings. The maximum Gasteiger partial charge on any atom is 0.290 e. The zero-order valence-electron chi connectivity index (χ0n) is 18.0. The molecule has 168 valence electrons. The van der Waals surface area contributed by atoms with Crippen molar-refractivity contribution in [3.63, 3.8) is 0 Å². The molecule has 1 saturated heterocycles. The highest BCUT2D eigenvalue weighted by molar-refractivity contribution is 8.18. The first kappa shape index (κ1) is 21.5. The van der Waals surface area contributed by atoms with Crippen LogP contribution in [0.2, 0.25) is 0 Å². The van der Waals surface area contributed by atoms with E-state index in [4.69, 9.17) is 0 Å². The monoisotopic (exact) mass is 460 g/mol. The van der Waals surface area contributed by atoms with Gasteiger partial charge in [-0.15, -0.1) is 0 Å². The van der Waals surface area contributed by atoms with E-state index in [0.717, 1.165) is 49.5 Å². The third-order valence-electron chi connectivity index (χ3n) is 5.98. The molecule has 2 fully saturated rings. The summed E-state index contributed by atoms with van der Waals surface area (Å²) in [4.78, 5) is 36.7. The Morgan fingerprint density at radius 1 is 1.00 bits per heavy atom. The number of imide groups is 1. The molecule has 0 unspecified atom stereocenters. The Labute approximate surface area is 195 Å². The second-order valence-electron chi connectivity index (χ2n) is 8.22. The van der Waals surface area contributed by atoms with E-state index in [1.54, 1.807) is 18.3 Å². The normalized spacial score (nSPS) is 22.0. The highest BCUT2D eigenvalue weighted by atomic mass is 32.2. The number of nitrogens with one attached hydrogen (secondary N) is 3. The molecule has 9 heteroatoms. The van der Waals surface area contributed by atoms with Gasteiger partial charge in [0.2, 0.25) is 5.95 Å². The average Bonchev–Trinajstić information content (AvgIpc) is 3.15. The number of pyridine rings is 1. The predicted molar refractivity (Wildman–Crippen MR) is 129 cm³/mol. The number of amides is 2. The fourth-order valence-electron chi connectivity index (χ4n) is 4.28. The average molecular weight is 461 g/mol. The van der Waals surface area contributed by atoms with E-state index in [9.17, 15) is 9.59 Å². The molecule has 3 aromatic rings. The van der Waals surface area contributed by atoms with Crippen molar-refractivity contribution in [2.24, 2.45) is 0 Å². The number of hydrogen-bond acceptors (Lipinski definition) is 8. The van der Waals surface area contributed by atoms with E-state index in [1.807, 2.05) is 18.3 Å². The van der Waals surface area contributed by atoms with Gasteiger partial charge in [-0.2, -0.15) is 0 Å². The standard InChI is InChI=1S/C24H24N6O2S/c31-22-21(33-24(32)30-22)13-18-10-12-26-23(29-18)28-17-8-6-16(7-9-17)27-14-15-3-1-5-20-19(15)4-2-11-25-20/h1-5,10-13,16-17,27H,6-9,14H2,(H,26,28,29)(H,30,31,32)/b21-13+. The number of fused-ring (bicyclic) bond motifs is 1. The van der Waals surface area contributed by atoms with E-state index >= 15 is 0 Å². The van der Waals surface area contributed by atoms with Gasteiger partial charge in [-0.1, -0.05) is 18.2 Å². The number of thioether (sulfide) groups is 1. The molecule has 0 spiro atoms. The van der Waals surface area contributed by atoms with Crippen LogP contribution in [0, 0.1) is 0 Å². The number of nitrogens with zero attached hydrogens (tertiary/aromatic N) is 3. The van der Waals surface area contributed by atoms with E-state index in [1.165, 1.54) is 10.9 Å². The Balaban J connectivity index is 1.14. The SMILES string of the molecule is O=C1NC(=O)/C(=C\c2ccnc(NC3CCC(NCc4cccc5ncccc45)CC3)n2)S1. The van der Waals surface area contributed by atoms with Gasteiger partial charge in [0.1, 0.15) is 0 Å². The smallest absolute Gasteiger partial charge is 0.290 e. The summed E-state index contributed by atoms with van der Waals surface area (Å²) in [7, 11) is 0. The Hall–Kier alpha value is -3.30. The maximum atomic E-state index is 11.7. The number of hydrogen-bond donors (Lipinski definition) is 3. The second kappa shape index (κ2) is 9.68. The van der Waals surface area contributed by atoms with Crippen LogP contribution < -0.4 is 16.0 Å². The number of aromatic nitrogens is 3. The van der Waals surface area contributed by atoms with E-state index in [-0.39, 0.29) is 11.1 Å². The van der Waals surface area contributed by atoms with E-state index in [2.05, 4.69) is 49.1 Å². The Bertz CT molecular complexity index is 1220. The van der Waals surface area contributed by atoms with Gasteiger partial charge in [0.25, 0.3) is 11.1 Å². The van der Waals surface area contributed by atoms with Crippen LogP contribution in [0.1, 0.15) is 36.9 Å². The minimum absolute atomic E-state index is 0.304. The minimum atomic E-state index is -0.385. The molecular weight excluding hydrogens is 436 g/mol. The van der Waals surface area contributed by atoms with Crippen LogP contribution in [-0.4, -0.2) is 38.2 Å². The number of rotatable bonds is 6. The summed E-state index contributed by atoms with van der Waals surface area (Å²) in [6.45, 7) is 0.833. The van der Waals surface area contributed by atoms with Crippen LogP contribution in [0.15, 0.2) is 53.7 Å². The Morgan fingerprint density at radius 2 is 1.85 bits per heavy atom. The van der Waals surface area contributed by atoms with Crippen molar-refractivity contribution >= 4 is 45.8 Å². The molecule has 3 heterocycles. The first-order chi connectivity index (χ1) is 16.1. The third-order valence-corrected chi connectivity index (χ3v) is 6.79. The van der Waals surface area contributed by atoms with Crippen molar-refractivity contribution in [2.75, 3.05) is 5.32 Å². The van der Waals surface area contributed by atoms with Crippen LogP contribution in [0.3, 0.4) is 0 Å². The predicted octanol–water partition coefficient (Wildman–Crippen LogP) is 3.86. The maximum absolute atomic E-state index is 11.7. The highest BCUT2D eigenvalue weighted by Crippen LogP contribution is 2.26. The van der Waals surface area contributed by atoms with Gasteiger partial charge in [-0.05, 0) is 67.3 Å². The van der Waals surface area contributed by atoms with E-state index in [0.29, 0.717) is 28.6 Å². The molecule has 8 nitrogen and oxygen atoms in total. The molecule has 0 radical (unpaired) electrons. The molecule has 1 aliphatic heterocycles. The minimum Gasteiger partial charge on any atom is -0.351 e. The lowest BCUT2D eigenvalue weighted by Gasteiger charge is -2.30. The molecular formula is C24H24N6O2S. The number of anilines is 1.